The van der Waals surface area contributed by atoms with Gasteiger partial charge in [-0.05, 0) is 62.3 Å². The molecule has 3 aliphatic rings. The molecule has 18 heteroatoms. The number of nitrogens with one attached hydrogen (secondary N) is 2. The zero-order valence-corrected chi connectivity index (χ0v) is 38.6. The van der Waals surface area contributed by atoms with E-state index in [1.54, 1.807) is 37.4 Å². The van der Waals surface area contributed by atoms with Crippen molar-refractivity contribution in [3.05, 3.63) is 63.4 Å². The largest absolute Gasteiger partial charge is 0.460 e. The molecule has 16 nitrogen and oxygen atoms in total. The van der Waals surface area contributed by atoms with Gasteiger partial charge in [-0.3, -0.25) is 28.7 Å². The Bertz CT molecular complexity index is 2270. The zero-order chi connectivity index (χ0) is 44.3. The maximum Gasteiger partial charge on any atom is 0.329 e. The van der Waals surface area contributed by atoms with Crippen LogP contribution in [0, 0.1) is 5.92 Å². The number of nitrogens with zero attached hydrogens (tertiary/aromatic N) is 7. The third-order valence-corrected chi connectivity index (χ3v) is 14.6. The summed E-state index contributed by atoms with van der Waals surface area (Å²) in [5, 5.41) is 6.73. The average molecular weight is 891 g/mol. The Morgan fingerprint density at radius 1 is 1.18 bits per heavy atom. The first-order valence-electron chi connectivity index (χ1n) is 21.5. The predicted octanol–water partition coefficient (Wildman–Crippen LogP) is 4.42. The van der Waals surface area contributed by atoms with Crippen LogP contribution in [0.2, 0.25) is 0 Å². The van der Waals surface area contributed by atoms with E-state index >= 15 is 0 Å². The fraction of sp³-hybridized carbons (Fsp3) is 0.568. The molecule has 334 valence electrons. The fourth-order valence-corrected chi connectivity index (χ4v) is 10.7. The number of urea groups is 1. The van der Waals surface area contributed by atoms with Gasteiger partial charge in [-0.1, -0.05) is 19.9 Å². The number of pyridine rings is 2. The van der Waals surface area contributed by atoms with Gasteiger partial charge in [-0.2, -0.15) is 4.57 Å². The standard InChI is InChI=1S/C44H59N9O7S2/c1-9-51-35-15-14-34(53-39(35)31(21-44(53,5)25-60-26-54)36(51)19-29-13-12-16-45-38(29)28(4)58-7)33-24-61-37(47-33)20-32(42(56)52-18-11-10-17-46-52)48-41(55)40(27(2)3)62-49(6)43(57)50-22-30(23-50)59-8/h12-16,24,26-28,30,32,40,46H,9-11,17-23,25H2,1-8H3/p+1. The molecule has 4 atom stereocenters. The summed E-state index contributed by atoms with van der Waals surface area (Å²) >= 11 is 2.60. The molecular weight excluding hydrogens is 831 g/mol. The number of rotatable bonds is 18. The second kappa shape index (κ2) is 19.4. The molecule has 0 radical (unpaired) electrons. The van der Waals surface area contributed by atoms with E-state index in [0.29, 0.717) is 50.5 Å². The molecule has 0 bridgehead atoms. The van der Waals surface area contributed by atoms with E-state index in [0.717, 1.165) is 53.1 Å². The van der Waals surface area contributed by atoms with Crippen molar-refractivity contribution in [2.24, 2.45) is 5.92 Å². The molecule has 4 unspecified atom stereocenters. The molecule has 0 aliphatic carbocycles. The summed E-state index contributed by atoms with van der Waals surface area (Å²) in [7, 11) is 4.99. The minimum Gasteiger partial charge on any atom is -0.460 e. The molecule has 2 fully saturated rings. The van der Waals surface area contributed by atoms with Crippen molar-refractivity contribution in [3.63, 3.8) is 0 Å². The van der Waals surface area contributed by atoms with Crippen LogP contribution in [0.4, 0.5) is 4.79 Å². The summed E-state index contributed by atoms with van der Waals surface area (Å²) in [6, 6.07) is 7.19. The smallest absolute Gasteiger partial charge is 0.329 e. The maximum absolute atomic E-state index is 14.2. The molecular formula is C44H60N9O7S2+. The van der Waals surface area contributed by atoms with Gasteiger partial charge in [0.05, 0.1) is 41.6 Å². The van der Waals surface area contributed by atoms with Crippen LogP contribution in [0.5, 0.6) is 0 Å². The number of thiazole rings is 1. The van der Waals surface area contributed by atoms with Crippen LogP contribution in [0.1, 0.15) is 81.1 Å². The second-order valence-electron chi connectivity index (χ2n) is 17.0. The van der Waals surface area contributed by atoms with Gasteiger partial charge in [0.2, 0.25) is 22.7 Å². The normalized spacial score (nSPS) is 19.0. The lowest BCUT2D eigenvalue weighted by Gasteiger charge is -2.40. The van der Waals surface area contributed by atoms with Gasteiger partial charge in [-0.25, -0.2) is 15.2 Å². The lowest BCUT2D eigenvalue weighted by Crippen LogP contribution is -2.58. The first kappa shape index (κ1) is 45.4. The first-order valence-corrected chi connectivity index (χ1v) is 23.2. The van der Waals surface area contributed by atoms with Gasteiger partial charge in [0.15, 0.2) is 6.61 Å². The monoisotopic (exact) mass is 890 g/mol. The van der Waals surface area contributed by atoms with E-state index in [1.807, 2.05) is 32.2 Å². The van der Waals surface area contributed by atoms with Crippen molar-refractivity contribution in [1.82, 2.24) is 39.5 Å². The predicted molar refractivity (Wildman–Crippen MR) is 237 cm³/mol. The van der Waals surface area contributed by atoms with Gasteiger partial charge < -0.3 is 29.0 Å². The van der Waals surface area contributed by atoms with Gasteiger partial charge >= 0.3 is 6.03 Å². The van der Waals surface area contributed by atoms with Crippen molar-refractivity contribution >= 4 is 58.6 Å². The number of hydrogen-bond acceptors (Lipinski definition) is 12. The fourth-order valence-electron chi connectivity index (χ4n) is 8.90. The van der Waals surface area contributed by atoms with Crippen LogP contribution < -0.4 is 15.3 Å². The quantitative estimate of drug-likeness (QED) is 0.0827. The molecule has 7 rings (SSSR count). The molecule has 2 saturated heterocycles. The van der Waals surface area contributed by atoms with E-state index in [1.165, 1.54) is 38.8 Å². The molecule has 62 heavy (non-hydrogen) atoms. The van der Waals surface area contributed by atoms with Crippen molar-refractivity contribution in [2.75, 3.05) is 54.1 Å². The van der Waals surface area contributed by atoms with Crippen LogP contribution in [-0.2, 0) is 59.9 Å². The highest BCUT2D eigenvalue weighted by atomic mass is 32.2. The molecule has 3 aliphatic heterocycles. The molecule has 2 N–H and O–H groups in total. The van der Waals surface area contributed by atoms with E-state index in [2.05, 4.69) is 51.9 Å². The Kier molecular flexibility index (Phi) is 14.2. The summed E-state index contributed by atoms with van der Waals surface area (Å²) in [4.78, 5) is 64.7. The van der Waals surface area contributed by atoms with Gasteiger partial charge in [0, 0.05) is 90.4 Å². The summed E-state index contributed by atoms with van der Waals surface area (Å²) in [6.07, 6.45) is 4.91. The SMILES string of the molecule is CCn1c(Cc2cccnc2C(C)OC)c2c3c1ccc(-c1csc(CC(NC(=O)C(SN(C)C(=O)N4CC(OC)C4)C(C)C)C(=O)N4CCCCN4)n1)[n+]3C(C)(COC=O)C2. The highest BCUT2D eigenvalue weighted by Gasteiger charge is 2.50. The number of ether oxygens (including phenoxy) is 3. The zero-order valence-electron chi connectivity index (χ0n) is 37.0. The summed E-state index contributed by atoms with van der Waals surface area (Å²) in [6.45, 7) is 13.8. The molecule has 4 amide bonds. The Labute approximate surface area is 371 Å². The Hall–Kier alpha value is -4.62. The van der Waals surface area contributed by atoms with Gasteiger partial charge in [0.25, 0.3) is 12.4 Å². The van der Waals surface area contributed by atoms with Crippen LogP contribution >= 0.6 is 23.3 Å². The molecule has 0 spiro atoms. The lowest BCUT2D eigenvalue weighted by molar-refractivity contribution is -0.723. The maximum atomic E-state index is 14.2. The lowest BCUT2D eigenvalue weighted by atomic mass is 9.94. The number of amides is 4. The third-order valence-electron chi connectivity index (χ3n) is 12.3. The Morgan fingerprint density at radius 2 is 1.97 bits per heavy atom. The number of likely N-dealkylation sites (tertiary alicyclic amines) is 1. The number of aryl methyl sites for hydroxylation is 1. The molecule has 7 heterocycles. The number of carbonyl (C=O) groups excluding carboxylic acids is 4. The summed E-state index contributed by atoms with van der Waals surface area (Å²) in [5.41, 5.74) is 10.7. The highest BCUT2D eigenvalue weighted by molar-refractivity contribution is 7.98. The number of methoxy groups -OCH3 is 2. The number of hydrogen-bond donors (Lipinski definition) is 2. The minimum atomic E-state index is -0.907. The van der Waals surface area contributed by atoms with Crippen molar-refractivity contribution < 1.29 is 38.0 Å². The number of hydrazine groups is 1. The summed E-state index contributed by atoms with van der Waals surface area (Å²) < 4.78 is 22.7. The second-order valence-corrected chi connectivity index (χ2v) is 19.2. The molecule has 4 aromatic heterocycles. The van der Waals surface area contributed by atoms with E-state index in [9.17, 15) is 19.2 Å². The third kappa shape index (κ3) is 9.07. The van der Waals surface area contributed by atoms with E-state index in [4.69, 9.17) is 24.2 Å². The van der Waals surface area contributed by atoms with Crippen LogP contribution in [0.3, 0.4) is 0 Å². The minimum absolute atomic E-state index is 0.0139. The average Bonchev–Trinajstić information content (AvgIpc) is 3.94. The van der Waals surface area contributed by atoms with Gasteiger partial charge in [-0.15, -0.1) is 11.3 Å². The molecule has 0 saturated carbocycles. The Balaban J connectivity index is 1.20. The van der Waals surface area contributed by atoms with Crippen molar-refractivity contribution in [1.29, 1.82) is 0 Å². The summed E-state index contributed by atoms with van der Waals surface area (Å²) in [5.74, 6) is -0.700. The van der Waals surface area contributed by atoms with Crippen LogP contribution in [0.15, 0.2) is 35.8 Å². The van der Waals surface area contributed by atoms with E-state index in [-0.39, 0.29) is 49.0 Å². The van der Waals surface area contributed by atoms with Crippen LogP contribution in [-0.4, -0.2) is 125 Å². The number of aromatic nitrogens is 4. The first-order chi connectivity index (χ1) is 29.8. The van der Waals surface area contributed by atoms with Gasteiger partial charge in [0.1, 0.15) is 22.5 Å². The van der Waals surface area contributed by atoms with Crippen LogP contribution in [0.25, 0.3) is 22.4 Å². The highest BCUT2D eigenvalue weighted by Crippen LogP contribution is 2.39. The van der Waals surface area contributed by atoms with Crippen molar-refractivity contribution in [3.8, 4) is 11.4 Å². The van der Waals surface area contributed by atoms with Crippen molar-refractivity contribution in [2.45, 2.75) is 102 Å². The number of carbonyl (C=O) groups is 4. The Morgan fingerprint density at radius 3 is 2.65 bits per heavy atom. The van der Waals surface area contributed by atoms with E-state index < -0.39 is 16.8 Å². The topological polar surface area (TPSA) is 164 Å². The molecule has 0 aromatic carbocycles. The molecule has 4 aromatic rings.